The summed E-state index contributed by atoms with van der Waals surface area (Å²) >= 11 is 0. The average molecular weight is 262 g/mol. The molecule has 0 fully saturated rings. The van der Waals surface area contributed by atoms with Crippen LogP contribution < -0.4 is 14.8 Å². The standard InChI is InChI=1S/C14H18N2O3/c1-4-5-10(9-15)16-14(17)12-8-11(18-2)6-7-13(12)19-3/h6-8,10H,4-5H2,1-3H3,(H,16,17). The highest BCUT2D eigenvalue weighted by Gasteiger charge is 2.17. The van der Waals surface area contributed by atoms with Crippen molar-refractivity contribution in [2.45, 2.75) is 25.8 Å². The maximum atomic E-state index is 12.1. The zero-order valence-corrected chi connectivity index (χ0v) is 11.4. The lowest BCUT2D eigenvalue weighted by atomic mass is 10.1. The van der Waals surface area contributed by atoms with Crippen LogP contribution in [-0.2, 0) is 0 Å². The van der Waals surface area contributed by atoms with Gasteiger partial charge in [-0.05, 0) is 24.6 Å². The molecule has 0 aliphatic rings. The topological polar surface area (TPSA) is 71.4 Å². The van der Waals surface area contributed by atoms with Gasteiger partial charge in [-0.15, -0.1) is 0 Å². The molecular weight excluding hydrogens is 244 g/mol. The Kier molecular flexibility index (Phi) is 5.68. The summed E-state index contributed by atoms with van der Waals surface area (Å²) in [6, 6.07) is 6.54. The first-order chi connectivity index (χ1) is 9.15. The van der Waals surface area contributed by atoms with Gasteiger partial charge in [-0.1, -0.05) is 13.3 Å². The van der Waals surface area contributed by atoms with Crippen LogP contribution in [0, 0.1) is 11.3 Å². The number of carbonyl (C=O) groups excluding carboxylic acids is 1. The SMILES string of the molecule is CCCC(C#N)NC(=O)c1cc(OC)ccc1OC. The molecule has 0 bridgehead atoms. The van der Waals surface area contributed by atoms with Crippen LogP contribution in [0.15, 0.2) is 18.2 Å². The fourth-order valence-electron chi connectivity index (χ4n) is 1.69. The number of methoxy groups -OCH3 is 2. The second-order valence-corrected chi connectivity index (χ2v) is 4.01. The zero-order valence-electron chi connectivity index (χ0n) is 11.4. The second kappa shape index (κ2) is 7.27. The van der Waals surface area contributed by atoms with E-state index < -0.39 is 6.04 Å². The molecule has 1 N–H and O–H groups in total. The maximum Gasteiger partial charge on any atom is 0.256 e. The van der Waals surface area contributed by atoms with Crippen molar-refractivity contribution < 1.29 is 14.3 Å². The molecule has 102 valence electrons. The van der Waals surface area contributed by atoms with Crippen molar-refractivity contribution in [3.05, 3.63) is 23.8 Å². The molecule has 1 rings (SSSR count). The molecule has 5 nitrogen and oxygen atoms in total. The van der Waals surface area contributed by atoms with Crippen molar-refractivity contribution in [1.82, 2.24) is 5.32 Å². The molecule has 1 atom stereocenters. The van der Waals surface area contributed by atoms with E-state index in [0.29, 0.717) is 23.5 Å². The van der Waals surface area contributed by atoms with E-state index in [0.717, 1.165) is 6.42 Å². The fourth-order valence-corrected chi connectivity index (χ4v) is 1.69. The molecule has 1 aromatic carbocycles. The highest BCUT2D eigenvalue weighted by molar-refractivity contribution is 5.97. The van der Waals surface area contributed by atoms with E-state index in [-0.39, 0.29) is 5.91 Å². The molecule has 1 amide bonds. The van der Waals surface area contributed by atoms with Crippen LogP contribution in [0.1, 0.15) is 30.1 Å². The fraction of sp³-hybridized carbons (Fsp3) is 0.429. The van der Waals surface area contributed by atoms with Gasteiger partial charge in [0.25, 0.3) is 5.91 Å². The summed E-state index contributed by atoms with van der Waals surface area (Å²) in [7, 11) is 3.02. The Balaban J connectivity index is 2.94. The third kappa shape index (κ3) is 3.88. The van der Waals surface area contributed by atoms with Gasteiger partial charge in [0.15, 0.2) is 0 Å². The van der Waals surface area contributed by atoms with Crippen LogP contribution in [0.2, 0.25) is 0 Å². The summed E-state index contributed by atoms with van der Waals surface area (Å²) in [6.07, 6.45) is 1.45. The molecule has 0 aliphatic heterocycles. The highest BCUT2D eigenvalue weighted by atomic mass is 16.5. The number of nitrogens with zero attached hydrogens (tertiary/aromatic N) is 1. The van der Waals surface area contributed by atoms with Gasteiger partial charge in [0.1, 0.15) is 17.5 Å². The van der Waals surface area contributed by atoms with E-state index in [1.807, 2.05) is 6.92 Å². The molecule has 0 saturated carbocycles. The number of carbonyl (C=O) groups is 1. The van der Waals surface area contributed by atoms with Gasteiger partial charge in [-0.2, -0.15) is 5.26 Å². The summed E-state index contributed by atoms with van der Waals surface area (Å²) < 4.78 is 10.2. The minimum atomic E-state index is -0.492. The van der Waals surface area contributed by atoms with Crippen LogP contribution in [0.4, 0.5) is 0 Å². The molecule has 0 heterocycles. The highest BCUT2D eigenvalue weighted by Crippen LogP contribution is 2.23. The lowest BCUT2D eigenvalue weighted by molar-refractivity contribution is 0.0940. The molecule has 1 aromatic rings. The first-order valence-corrected chi connectivity index (χ1v) is 6.08. The zero-order chi connectivity index (χ0) is 14.3. The summed E-state index contributed by atoms with van der Waals surface area (Å²) in [5.41, 5.74) is 0.359. The van der Waals surface area contributed by atoms with Gasteiger partial charge >= 0.3 is 0 Å². The van der Waals surface area contributed by atoms with E-state index in [1.54, 1.807) is 18.2 Å². The Morgan fingerprint density at radius 3 is 2.68 bits per heavy atom. The lowest BCUT2D eigenvalue weighted by Gasteiger charge is -2.13. The van der Waals surface area contributed by atoms with Gasteiger partial charge in [-0.3, -0.25) is 4.79 Å². The van der Waals surface area contributed by atoms with E-state index in [2.05, 4.69) is 11.4 Å². The van der Waals surface area contributed by atoms with Gasteiger partial charge in [-0.25, -0.2) is 0 Å². The van der Waals surface area contributed by atoms with Crippen LogP contribution in [0.25, 0.3) is 0 Å². The molecule has 0 aromatic heterocycles. The summed E-state index contributed by atoms with van der Waals surface area (Å²) in [5, 5.41) is 11.6. The summed E-state index contributed by atoms with van der Waals surface area (Å²) in [5.74, 6) is 0.678. The van der Waals surface area contributed by atoms with Crippen molar-refractivity contribution in [2.24, 2.45) is 0 Å². The number of benzene rings is 1. The number of nitrogens with one attached hydrogen (secondary N) is 1. The monoisotopic (exact) mass is 262 g/mol. The molecule has 5 heteroatoms. The Labute approximate surface area is 113 Å². The Morgan fingerprint density at radius 2 is 2.16 bits per heavy atom. The normalized spacial score (nSPS) is 11.3. The van der Waals surface area contributed by atoms with Crippen molar-refractivity contribution >= 4 is 5.91 Å². The predicted molar refractivity (Wildman–Crippen MR) is 71.3 cm³/mol. The molecule has 0 saturated heterocycles. The lowest BCUT2D eigenvalue weighted by Crippen LogP contribution is -2.33. The quantitative estimate of drug-likeness (QED) is 0.852. The van der Waals surface area contributed by atoms with Gasteiger partial charge < -0.3 is 14.8 Å². The Bertz CT molecular complexity index is 480. The number of hydrogen-bond acceptors (Lipinski definition) is 4. The molecule has 0 aliphatic carbocycles. The predicted octanol–water partition coefficient (Wildman–Crippen LogP) is 2.13. The second-order valence-electron chi connectivity index (χ2n) is 4.01. The summed E-state index contributed by atoms with van der Waals surface area (Å²) in [4.78, 5) is 12.1. The average Bonchev–Trinajstić information content (AvgIpc) is 2.45. The number of hydrogen-bond donors (Lipinski definition) is 1. The van der Waals surface area contributed by atoms with Crippen molar-refractivity contribution in [1.29, 1.82) is 5.26 Å². The smallest absolute Gasteiger partial charge is 0.256 e. The van der Waals surface area contributed by atoms with E-state index in [1.165, 1.54) is 14.2 Å². The minimum absolute atomic E-state index is 0.337. The molecule has 0 spiro atoms. The van der Waals surface area contributed by atoms with Crippen LogP contribution >= 0.6 is 0 Å². The largest absolute Gasteiger partial charge is 0.497 e. The molecule has 1 unspecified atom stereocenters. The Morgan fingerprint density at radius 1 is 1.42 bits per heavy atom. The van der Waals surface area contributed by atoms with Crippen molar-refractivity contribution in [3.8, 4) is 17.6 Å². The number of rotatable bonds is 6. The third-order valence-electron chi connectivity index (χ3n) is 2.69. The van der Waals surface area contributed by atoms with E-state index in [4.69, 9.17) is 14.7 Å². The molecular formula is C14H18N2O3. The van der Waals surface area contributed by atoms with Crippen molar-refractivity contribution in [2.75, 3.05) is 14.2 Å². The summed E-state index contributed by atoms with van der Waals surface area (Å²) in [6.45, 7) is 1.96. The maximum absolute atomic E-state index is 12.1. The van der Waals surface area contributed by atoms with Gasteiger partial charge in [0, 0.05) is 0 Å². The van der Waals surface area contributed by atoms with Gasteiger partial charge in [0.05, 0.1) is 25.9 Å². The Hall–Kier alpha value is -2.22. The van der Waals surface area contributed by atoms with E-state index >= 15 is 0 Å². The number of amides is 1. The third-order valence-corrected chi connectivity index (χ3v) is 2.69. The molecule has 0 radical (unpaired) electrons. The first kappa shape index (κ1) is 14.8. The number of nitriles is 1. The molecule has 19 heavy (non-hydrogen) atoms. The van der Waals surface area contributed by atoms with Crippen LogP contribution in [-0.4, -0.2) is 26.2 Å². The van der Waals surface area contributed by atoms with Crippen molar-refractivity contribution in [3.63, 3.8) is 0 Å². The van der Waals surface area contributed by atoms with E-state index in [9.17, 15) is 4.79 Å². The minimum Gasteiger partial charge on any atom is -0.497 e. The van der Waals surface area contributed by atoms with Crippen LogP contribution in [0.3, 0.4) is 0 Å². The first-order valence-electron chi connectivity index (χ1n) is 6.08. The van der Waals surface area contributed by atoms with Crippen LogP contribution in [0.5, 0.6) is 11.5 Å². The van der Waals surface area contributed by atoms with Gasteiger partial charge in [0.2, 0.25) is 0 Å². The number of ether oxygens (including phenoxy) is 2.